The molecule has 2 aromatic rings. The Morgan fingerprint density at radius 1 is 1.15 bits per heavy atom. The number of methoxy groups -OCH3 is 1. The molecule has 1 N–H and O–H groups in total. The number of hydrogen-bond acceptors (Lipinski definition) is 4. The van der Waals surface area contributed by atoms with Crippen molar-refractivity contribution in [1.29, 1.82) is 0 Å². The average Bonchev–Trinajstić information content (AvgIpc) is 2.54. The van der Waals surface area contributed by atoms with Crippen molar-refractivity contribution in [3.8, 4) is 11.5 Å². The van der Waals surface area contributed by atoms with Crippen LogP contribution in [0.4, 0.5) is 0 Å². The largest absolute Gasteiger partial charge is 0.497 e. The van der Waals surface area contributed by atoms with Crippen LogP contribution < -0.4 is 9.47 Å². The summed E-state index contributed by atoms with van der Waals surface area (Å²) in [5.74, 6) is 1.55. The van der Waals surface area contributed by atoms with Gasteiger partial charge in [0.05, 0.1) is 12.8 Å². The topological polar surface area (TPSA) is 51.0 Å². The molecule has 0 aromatic heterocycles. The molecule has 4 heteroatoms. The molecule has 1 atom stereocenters. The summed E-state index contributed by atoms with van der Waals surface area (Å²) in [5.41, 5.74) is 2.52. The smallest absolute Gasteiger partial charge is 0.129 e. The van der Waals surface area contributed by atoms with Crippen LogP contribution in [0.15, 0.2) is 53.7 Å². The first-order valence-electron chi connectivity index (χ1n) is 6.42. The van der Waals surface area contributed by atoms with Crippen molar-refractivity contribution in [2.75, 3.05) is 7.11 Å². The van der Waals surface area contributed by atoms with Crippen LogP contribution in [-0.4, -0.2) is 18.0 Å². The molecule has 0 fully saturated rings. The number of para-hydroxylation sites is 1. The highest BCUT2D eigenvalue weighted by atomic mass is 16.5. The normalized spacial score (nSPS) is 19.2. The van der Waals surface area contributed by atoms with E-state index in [1.165, 1.54) is 0 Å². The number of oxime groups is 1. The zero-order chi connectivity index (χ0) is 13.9. The van der Waals surface area contributed by atoms with Gasteiger partial charge in [-0.2, -0.15) is 0 Å². The van der Waals surface area contributed by atoms with E-state index in [0.717, 1.165) is 22.6 Å². The second-order valence-corrected chi connectivity index (χ2v) is 4.63. The summed E-state index contributed by atoms with van der Waals surface area (Å²) in [6, 6.07) is 15.3. The summed E-state index contributed by atoms with van der Waals surface area (Å²) in [4.78, 5) is 0. The lowest BCUT2D eigenvalue weighted by Gasteiger charge is -2.26. The molecule has 0 spiro atoms. The van der Waals surface area contributed by atoms with Gasteiger partial charge >= 0.3 is 0 Å². The predicted octanol–water partition coefficient (Wildman–Crippen LogP) is 3.40. The Morgan fingerprint density at radius 2 is 1.90 bits per heavy atom. The third-order valence-electron chi connectivity index (χ3n) is 3.45. The second-order valence-electron chi connectivity index (χ2n) is 4.63. The van der Waals surface area contributed by atoms with Crippen molar-refractivity contribution in [2.24, 2.45) is 5.16 Å². The molecule has 0 aliphatic carbocycles. The molecule has 1 aliphatic heterocycles. The van der Waals surface area contributed by atoms with Crippen molar-refractivity contribution >= 4 is 5.71 Å². The maximum absolute atomic E-state index is 9.20. The lowest BCUT2D eigenvalue weighted by Crippen LogP contribution is -2.20. The molecule has 102 valence electrons. The first-order chi connectivity index (χ1) is 9.81. The number of nitrogens with zero attached hydrogens (tertiary/aromatic N) is 1. The van der Waals surface area contributed by atoms with Gasteiger partial charge in [0.25, 0.3) is 0 Å². The SMILES string of the molecule is COc1ccc([C@@H]2C/C(=N\O)c3ccccc3O2)cc1. The van der Waals surface area contributed by atoms with Crippen LogP contribution >= 0.6 is 0 Å². The molecule has 2 aromatic carbocycles. The summed E-state index contributed by atoms with van der Waals surface area (Å²) in [5, 5.41) is 12.6. The van der Waals surface area contributed by atoms with E-state index < -0.39 is 0 Å². The maximum atomic E-state index is 9.20. The third-order valence-corrected chi connectivity index (χ3v) is 3.45. The molecule has 20 heavy (non-hydrogen) atoms. The van der Waals surface area contributed by atoms with Crippen LogP contribution in [0, 0.1) is 0 Å². The molecule has 0 radical (unpaired) electrons. The minimum atomic E-state index is -0.151. The molecule has 3 rings (SSSR count). The van der Waals surface area contributed by atoms with E-state index in [9.17, 15) is 5.21 Å². The highest BCUT2D eigenvalue weighted by molar-refractivity contribution is 6.03. The highest BCUT2D eigenvalue weighted by Crippen LogP contribution is 2.35. The molecular weight excluding hydrogens is 254 g/mol. The van der Waals surface area contributed by atoms with Crippen molar-refractivity contribution in [1.82, 2.24) is 0 Å². The molecule has 0 saturated carbocycles. The summed E-state index contributed by atoms with van der Waals surface area (Å²) in [7, 11) is 1.64. The van der Waals surface area contributed by atoms with Crippen molar-refractivity contribution < 1.29 is 14.7 Å². The zero-order valence-electron chi connectivity index (χ0n) is 11.1. The van der Waals surface area contributed by atoms with E-state index >= 15 is 0 Å². The zero-order valence-corrected chi connectivity index (χ0v) is 11.1. The van der Waals surface area contributed by atoms with Gasteiger partial charge in [-0.15, -0.1) is 0 Å². The van der Waals surface area contributed by atoms with E-state index in [0.29, 0.717) is 12.1 Å². The van der Waals surface area contributed by atoms with Gasteiger partial charge in [-0.25, -0.2) is 0 Å². The Kier molecular flexibility index (Phi) is 3.29. The van der Waals surface area contributed by atoms with Crippen molar-refractivity contribution in [3.63, 3.8) is 0 Å². The van der Waals surface area contributed by atoms with Crippen LogP contribution in [0.2, 0.25) is 0 Å². The van der Waals surface area contributed by atoms with E-state index in [2.05, 4.69) is 5.16 Å². The molecule has 0 unspecified atom stereocenters. The van der Waals surface area contributed by atoms with Gasteiger partial charge in [0.15, 0.2) is 0 Å². The van der Waals surface area contributed by atoms with Crippen LogP contribution in [0.3, 0.4) is 0 Å². The lowest BCUT2D eigenvalue weighted by atomic mass is 9.95. The van der Waals surface area contributed by atoms with Gasteiger partial charge < -0.3 is 14.7 Å². The number of rotatable bonds is 2. The van der Waals surface area contributed by atoms with Crippen molar-refractivity contribution in [2.45, 2.75) is 12.5 Å². The monoisotopic (exact) mass is 269 g/mol. The highest BCUT2D eigenvalue weighted by Gasteiger charge is 2.26. The first kappa shape index (κ1) is 12.5. The fourth-order valence-corrected chi connectivity index (χ4v) is 2.39. The second kappa shape index (κ2) is 5.25. The van der Waals surface area contributed by atoms with Gasteiger partial charge in [0, 0.05) is 12.0 Å². The average molecular weight is 269 g/mol. The van der Waals surface area contributed by atoms with Gasteiger partial charge in [0.2, 0.25) is 0 Å². The van der Waals surface area contributed by atoms with Crippen LogP contribution in [0.5, 0.6) is 11.5 Å². The molecule has 1 heterocycles. The molecule has 0 saturated heterocycles. The number of ether oxygens (including phenoxy) is 2. The summed E-state index contributed by atoms with van der Waals surface area (Å²) >= 11 is 0. The van der Waals surface area contributed by atoms with E-state index in [-0.39, 0.29) is 6.10 Å². The summed E-state index contributed by atoms with van der Waals surface area (Å²) in [6.07, 6.45) is 0.390. The van der Waals surface area contributed by atoms with Crippen LogP contribution in [0.25, 0.3) is 0 Å². The van der Waals surface area contributed by atoms with Gasteiger partial charge in [0.1, 0.15) is 17.6 Å². The van der Waals surface area contributed by atoms with Gasteiger partial charge in [-0.3, -0.25) is 0 Å². The quantitative estimate of drug-likeness (QED) is 0.671. The maximum Gasteiger partial charge on any atom is 0.129 e. The fraction of sp³-hybridized carbons (Fsp3) is 0.188. The number of hydrogen-bond donors (Lipinski definition) is 1. The Bertz CT molecular complexity index is 634. The van der Waals surface area contributed by atoms with Gasteiger partial charge in [-0.05, 0) is 29.8 Å². The molecule has 1 aliphatic rings. The van der Waals surface area contributed by atoms with Crippen molar-refractivity contribution in [3.05, 3.63) is 59.7 Å². The van der Waals surface area contributed by atoms with Crippen LogP contribution in [-0.2, 0) is 0 Å². The molecular formula is C16H15NO3. The Morgan fingerprint density at radius 3 is 2.60 bits per heavy atom. The van der Waals surface area contributed by atoms with E-state index in [1.807, 2.05) is 48.5 Å². The molecule has 4 nitrogen and oxygen atoms in total. The summed E-state index contributed by atoms with van der Waals surface area (Å²) < 4.78 is 11.1. The lowest BCUT2D eigenvalue weighted by molar-refractivity contribution is 0.203. The van der Waals surface area contributed by atoms with Crippen LogP contribution in [0.1, 0.15) is 23.7 Å². The van der Waals surface area contributed by atoms with E-state index in [4.69, 9.17) is 9.47 Å². The predicted molar refractivity (Wildman–Crippen MR) is 75.7 cm³/mol. The fourth-order valence-electron chi connectivity index (χ4n) is 2.39. The Labute approximate surface area is 117 Å². The first-order valence-corrected chi connectivity index (χ1v) is 6.42. The Balaban J connectivity index is 1.93. The van der Waals surface area contributed by atoms with Gasteiger partial charge in [-0.1, -0.05) is 29.4 Å². The standard InChI is InChI=1S/C16H15NO3/c1-19-12-8-6-11(7-9-12)16-10-14(17-18)13-4-2-3-5-15(13)20-16/h2-9,16,18H,10H2,1H3/b17-14+/t16-/m0/s1. The minimum Gasteiger partial charge on any atom is -0.497 e. The number of benzene rings is 2. The third kappa shape index (κ3) is 2.20. The molecule has 0 bridgehead atoms. The number of fused-ring (bicyclic) bond motifs is 1. The minimum absolute atomic E-state index is 0.151. The molecule has 0 amide bonds. The summed E-state index contributed by atoms with van der Waals surface area (Å²) in [6.45, 7) is 0. The Hall–Kier alpha value is -2.49. The van der Waals surface area contributed by atoms with E-state index in [1.54, 1.807) is 7.11 Å².